The summed E-state index contributed by atoms with van der Waals surface area (Å²) in [6.45, 7) is 0.326. The zero-order valence-corrected chi connectivity index (χ0v) is 11.4. The van der Waals surface area contributed by atoms with Crippen molar-refractivity contribution in [1.82, 2.24) is 0 Å². The van der Waals surface area contributed by atoms with Gasteiger partial charge < -0.3 is 20.3 Å². The molecule has 4 heteroatoms. The second-order valence-corrected chi connectivity index (χ2v) is 5.16. The highest BCUT2D eigenvalue weighted by Crippen LogP contribution is 2.23. The van der Waals surface area contributed by atoms with Gasteiger partial charge in [-0.05, 0) is 43.4 Å². The molecule has 4 nitrogen and oxygen atoms in total. The zero-order valence-electron chi connectivity index (χ0n) is 11.4. The molecule has 1 aromatic rings. The third-order valence-corrected chi connectivity index (χ3v) is 3.69. The first-order valence-corrected chi connectivity index (χ1v) is 6.88. The summed E-state index contributed by atoms with van der Waals surface area (Å²) in [6.07, 6.45) is 3.64. The van der Waals surface area contributed by atoms with Crippen LogP contribution in [-0.2, 0) is 4.74 Å². The van der Waals surface area contributed by atoms with Gasteiger partial charge in [0.05, 0.1) is 19.8 Å². The van der Waals surface area contributed by atoms with Gasteiger partial charge in [-0.1, -0.05) is 12.1 Å². The topological polar surface area (TPSA) is 64.7 Å². The molecule has 0 heterocycles. The largest absolute Gasteiger partial charge is 0.497 e. The smallest absolute Gasteiger partial charge is 0.119 e. The van der Waals surface area contributed by atoms with Crippen molar-refractivity contribution in [2.45, 2.75) is 43.9 Å². The highest BCUT2D eigenvalue weighted by atomic mass is 16.5. The second kappa shape index (κ2) is 6.89. The Hall–Kier alpha value is -1.10. The van der Waals surface area contributed by atoms with Crippen LogP contribution in [0.1, 0.15) is 37.4 Å². The molecule has 2 rings (SSSR count). The number of aliphatic hydroxyl groups excluding tert-OH is 1. The number of rotatable bonds is 5. The molecule has 0 spiro atoms. The van der Waals surface area contributed by atoms with Crippen LogP contribution in [0.5, 0.6) is 5.75 Å². The Morgan fingerprint density at radius 1 is 1.32 bits per heavy atom. The van der Waals surface area contributed by atoms with Crippen LogP contribution in [0.2, 0.25) is 0 Å². The predicted molar refractivity (Wildman–Crippen MR) is 74.1 cm³/mol. The Morgan fingerprint density at radius 2 is 2.05 bits per heavy atom. The van der Waals surface area contributed by atoms with Gasteiger partial charge in [0.25, 0.3) is 0 Å². The van der Waals surface area contributed by atoms with Gasteiger partial charge in [0.1, 0.15) is 11.9 Å². The molecule has 0 aromatic heterocycles. The number of ether oxygens (including phenoxy) is 2. The summed E-state index contributed by atoms with van der Waals surface area (Å²) in [6, 6.07) is 7.78. The Morgan fingerprint density at radius 3 is 2.74 bits per heavy atom. The molecule has 0 saturated heterocycles. The standard InChI is InChI=1S/C15H23NO3/c1-18-14-4-2-3-11(9-14)15(17)10-19-13-7-5-12(16)6-8-13/h2-4,9,12-13,15,17H,5-8,10,16H2,1H3. The van der Waals surface area contributed by atoms with E-state index in [0.717, 1.165) is 37.0 Å². The average Bonchev–Trinajstić information content (AvgIpc) is 2.46. The number of hydrogen-bond acceptors (Lipinski definition) is 4. The summed E-state index contributed by atoms with van der Waals surface area (Å²) in [5.41, 5.74) is 6.68. The molecule has 1 aliphatic carbocycles. The first kappa shape index (κ1) is 14.3. The number of aliphatic hydroxyl groups is 1. The third-order valence-electron chi connectivity index (χ3n) is 3.69. The van der Waals surface area contributed by atoms with Crippen molar-refractivity contribution < 1.29 is 14.6 Å². The van der Waals surface area contributed by atoms with Gasteiger partial charge in [0.15, 0.2) is 0 Å². The fourth-order valence-electron chi connectivity index (χ4n) is 2.43. The monoisotopic (exact) mass is 265 g/mol. The number of benzene rings is 1. The fourth-order valence-corrected chi connectivity index (χ4v) is 2.43. The minimum Gasteiger partial charge on any atom is -0.497 e. The lowest BCUT2D eigenvalue weighted by atomic mass is 9.94. The molecule has 3 N–H and O–H groups in total. The summed E-state index contributed by atoms with van der Waals surface area (Å²) in [7, 11) is 1.62. The van der Waals surface area contributed by atoms with E-state index in [-0.39, 0.29) is 6.10 Å². The van der Waals surface area contributed by atoms with Crippen LogP contribution in [0.3, 0.4) is 0 Å². The summed E-state index contributed by atoms with van der Waals surface area (Å²) in [5, 5.41) is 10.1. The first-order valence-electron chi connectivity index (χ1n) is 6.88. The van der Waals surface area contributed by atoms with E-state index in [0.29, 0.717) is 12.6 Å². The quantitative estimate of drug-likeness (QED) is 0.855. The number of hydrogen-bond donors (Lipinski definition) is 2. The summed E-state index contributed by atoms with van der Waals surface area (Å²) < 4.78 is 10.9. The van der Waals surface area contributed by atoms with Crippen LogP contribution < -0.4 is 10.5 Å². The van der Waals surface area contributed by atoms with Crippen molar-refractivity contribution in [3.63, 3.8) is 0 Å². The molecule has 1 fully saturated rings. The zero-order chi connectivity index (χ0) is 13.7. The van der Waals surface area contributed by atoms with Gasteiger partial charge in [0.2, 0.25) is 0 Å². The van der Waals surface area contributed by atoms with E-state index < -0.39 is 6.10 Å². The molecule has 0 bridgehead atoms. The molecular weight excluding hydrogens is 242 g/mol. The second-order valence-electron chi connectivity index (χ2n) is 5.16. The van der Waals surface area contributed by atoms with E-state index in [4.69, 9.17) is 15.2 Å². The van der Waals surface area contributed by atoms with Crippen LogP contribution in [0.25, 0.3) is 0 Å². The molecule has 1 saturated carbocycles. The van der Waals surface area contributed by atoms with Crippen LogP contribution >= 0.6 is 0 Å². The Labute approximate surface area is 114 Å². The number of nitrogens with two attached hydrogens (primary N) is 1. The molecule has 0 aliphatic heterocycles. The van der Waals surface area contributed by atoms with Crippen molar-refractivity contribution in [3.05, 3.63) is 29.8 Å². The summed E-state index contributed by atoms with van der Waals surface area (Å²) in [4.78, 5) is 0. The first-order chi connectivity index (χ1) is 9.19. The maximum absolute atomic E-state index is 10.1. The van der Waals surface area contributed by atoms with Crippen molar-refractivity contribution in [1.29, 1.82) is 0 Å². The Balaban J connectivity index is 1.81. The van der Waals surface area contributed by atoms with E-state index in [1.54, 1.807) is 7.11 Å². The lowest BCUT2D eigenvalue weighted by Gasteiger charge is -2.27. The molecule has 1 aliphatic rings. The normalized spacial score (nSPS) is 25.0. The maximum Gasteiger partial charge on any atom is 0.119 e. The maximum atomic E-state index is 10.1. The molecule has 1 unspecified atom stereocenters. The van der Waals surface area contributed by atoms with Crippen LogP contribution in [0.15, 0.2) is 24.3 Å². The molecule has 19 heavy (non-hydrogen) atoms. The Kier molecular flexibility index (Phi) is 5.19. The summed E-state index contributed by atoms with van der Waals surface area (Å²) in [5.74, 6) is 0.750. The lowest BCUT2D eigenvalue weighted by molar-refractivity contribution is -0.0263. The van der Waals surface area contributed by atoms with Gasteiger partial charge in [0, 0.05) is 6.04 Å². The Bertz CT molecular complexity index is 389. The fraction of sp³-hybridized carbons (Fsp3) is 0.600. The molecule has 0 amide bonds. The molecule has 1 aromatic carbocycles. The predicted octanol–water partition coefficient (Wildman–Crippen LogP) is 2.02. The van der Waals surface area contributed by atoms with E-state index >= 15 is 0 Å². The van der Waals surface area contributed by atoms with Crippen molar-refractivity contribution in [2.24, 2.45) is 5.73 Å². The van der Waals surface area contributed by atoms with E-state index in [1.807, 2.05) is 24.3 Å². The van der Waals surface area contributed by atoms with Crippen molar-refractivity contribution >= 4 is 0 Å². The minimum atomic E-state index is -0.606. The minimum absolute atomic E-state index is 0.236. The van der Waals surface area contributed by atoms with Crippen LogP contribution in [0.4, 0.5) is 0 Å². The molecule has 1 atom stereocenters. The van der Waals surface area contributed by atoms with Gasteiger partial charge in [-0.25, -0.2) is 0 Å². The van der Waals surface area contributed by atoms with Crippen LogP contribution in [0, 0.1) is 0 Å². The average molecular weight is 265 g/mol. The van der Waals surface area contributed by atoms with Gasteiger partial charge in [-0.3, -0.25) is 0 Å². The number of methoxy groups -OCH3 is 1. The van der Waals surface area contributed by atoms with E-state index in [2.05, 4.69) is 0 Å². The van der Waals surface area contributed by atoms with E-state index in [1.165, 1.54) is 0 Å². The lowest BCUT2D eigenvalue weighted by Crippen LogP contribution is -2.31. The third kappa shape index (κ3) is 4.20. The van der Waals surface area contributed by atoms with E-state index in [9.17, 15) is 5.11 Å². The highest BCUT2D eigenvalue weighted by molar-refractivity contribution is 5.29. The molecule has 0 radical (unpaired) electrons. The molecular formula is C15H23NO3. The van der Waals surface area contributed by atoms with Crippen molar-refractivity contribution in [3.8, 4) is 5.75 Å². The van der Waals surface area contributed by atoms with Gasteiger partial charge in [-0.15, -0.1) is 0 Å². The molecule has 106 valence electrons. The summed E-state index contributed by atoms with van der Waals surface area (Å²) >= 11 is 0. The van der Waals surface area contributed by atoms with Crippen LogP contribution in [-0.4, -0.2) is 31.0 Å². The highest BCUT2D eigenvalue weighted by Gasteiger charge is 2.20. The van der Waals surface area contributed by atoms with Gasteiger partial charge in [-0.2, -0.15) is 0 Å². The van der Waals surface area contributed by atoms with Gasteiger partial charge >= 0.3 is 0 Å². The SMILES string of the molecule is COc1cccc(C(O)COC2CCC(N)CC2)c1. The van der Waals surface area contributed by atoms with Crippen molar-refractivity contribution in [2.75, 3.05) is 13.7 Å².